The Morgan fingerprint density at radius 1 is 1.00 bits per heavy atom. The molecule has 0 bridgehead atoms. The number of hydrogen-bond donors (Lipinski definition) is 1. The van der Waals surface area contributed by atoms with Crippen LogP contribution in [0.5, 0.6) is 0 Å². The van der Waals surface area contributed by atoms with E-state index in [4.69, 9.17) is 4.74 Å². The molecule has 1 atom stereocenters. The summed E-state index contributed by atoms with van der Waals surface area (Å²) in [6, 6.07) is 0.776. The summed E-state index contributed by atoms with van der Waals surface area (Å²) >= 11 is 0. The molecule has 3 fully saturated rings. The van der Waals surface area contributed by atoms with E-state index in [1.807, 2.05) is 4.90 Å². The van der Waals surface area contributed by atoms with Gasteiger partial charge in [0.1, 0.15) is 6.10 Å². The molecule has 0 radical (unpaired) electrons. The molecule has 1 amide bonds. The van der Waals surface area contributed by atoms with Crippen LogP contribution >= 0.6 is 24.8 Å². The highest BCUT2D eigenvalue weighted by atomic mass is 35.5. The first-order chi connectivity index (χ1) is 9.84. The Morgan fingerprint density at radius 3 is 2.45 bits per heavy atom. The predicted molar refractivity (Wildman–Crippen MR) is 92.1 cm³/mol. The predicted octanol–water partition coefficient (Wildman–Crippen LogP) is 1.30. The van der Waals surface area contributed by atoms with Gasteiger partial charge in [-0.15, -0.1) is 24.8 Å². The van der Waals surface area contributed by atoms with E-state index in [9.17, 15) is 4.79 Å². The number of carbonyl (C=O) groups is 1. The van der Waals surface area contributed by atoms with E-state index in [-0.39, 0.29) is 36.8 Å². The van der Waals surface area contributed by atoms with Crippen molar-refractivity contribution in [3.05, 3.63) is 0 Å². The van der Waals surface area contributed by atoms with Gasteiger partial charge < -0.3 is 15.0 Å². The largest absolute Gasteiger partial charge is 0.366 e. The van der Waals surface area contributed by atoms with E-state index < -0.39 is 0 Å². The van der Waals surface area contributed by atoms with Gasteiger partial charge in [-0.2, -0.15) is 0 Å². The van der Waals surface area contributed by atoms with Gasteiger partial charge in [0, 0.05) is 45.3 Å². The number of carbonyl (C=O) groups excluding carboxylic acids is 1. The van der Waals surface area contributed by atoms with Gasteiger partial charge in [-0.1, -0.05) is 12.8 Å². The maximum atomic E-state index is 12.5. The molecular weight excluding hydrogens is 325 g/mol. The second-order valence-electron chi connectivity index (χ2n) is 6.22. The number of amides is 1. The molecule has 3 aliphatic rings. The van der Waals surface area contributed by atoms with Crippen molar-refractivity contribution in [2.75, 3.05) is 45.9 Å². The summed E-state index contributed by atoms with van der Waals surface area (Å²) in [6.07, 6.45) is 6.30. The quantitative estimate of drug-likeness (QED) is 0.812. The summed E-state index contributed by atoms with van der Waals surface area (Å²) in [5.74, 6) is 0.186. The Hall–Kier alpha value is -0.0700. The molecular formula is C15H29Cl2N3O2. The molecule has 0 aromatic carbocycles. The maximum absolute atomic E-state index is 12.5. The fourth-order valence-electron chi connectivity index (χ4n) is 3.72. The lowest BCUT2D eigenvalue weighted by molar-refractivity contribution is -0.145. The van der Waals surface area contributed by atoms with Crippen molar-refractivity contribution in [2.45, 2.75) is 44.2 Å². The van der Waals surface area contributed by atoms with Crippen molar-refractivity contribution >= 4 is 30.7 Å². The molecule has 130 valence electrons. The Balaban J connectivity index is 0.00000121. The molecule has 2 aliphatic heterocycles. The third-order valence-electron chi connectivity index (χ3n) is 4.89. The minimum Gasteiger partial charge on any atom is -0.366 e. The third-order valence-corrected chi connectivity index (χ3v) is 4.89. The molecule has 1 N–H and O–H groups in total. The lowest BCUT2D eigenvalue weighted by atomic mass is 10.2. The second-order valence-corrected chi connectivity index (χ2v) is 6.22. The lowest BCUT2D eigenvalue weighted by Gasteiger charge is -2.30. The van der Waals surface area contributed by atoms with Gasteiger partial charge in [0.05, 0.1) is 6.61 Å². The number of ether oxygens (including phenoxy) is 1. The topological polar surface area (TPSA) is 44.8 Å². The zero-order chi connectivity index (χ0) is 13.8. The monoisotopic (exact) mass is 353 g/mol. The van der Waals surface area contributed by atoms with Crippen LogP contribution < -0.4 is 5.32 Å². The molecule has 1 saturated carbocycles. The molecule has 0 aromatic heterocycles. The first-order valence-electron chi connectivity index (χ1n) is 8.20. The summed E-state index contributed by atoms with van der Waals surface area (Å²) in [5, 5.41) is 3.24. The minimum atomic E-state index is -0.262. The summed E-state index contributed by atoms with van der Waals surface area (Å²) in [4.78, 5) is 17.1. The molecule has 5 nitrogen and oxygen atoms in total. The maximum Gasteiger partial charge on any atom is 0.253 e. The highest BCUT2D eigenvalue weighted by molar-refractivity contribution is 5.85. The van der Waals surface area contributed by atoms with E-state index in [0.29, 0.717) is 13.2 Å². The van der Waals surface area contributed by atoms with E-state index in [2.05, 4.69) is 10.2 Å². The SMILES string of the molecule is Cl.Cl.O=C(C1CNCCO1)N1CCCN(C2CCCC2)CC1. The van der Waals surface area contributed by atoms with Crippen LogP contribution in [0.1, 0.15) is 32.1 Å². The van der Waals surface area contributed by atoms with Crippen LogP contribution in [0.2, 0.25) is 0 Å². The molecule has 22 heavy (non-hydrogen) atoms. The fraction of sp³-hybridized carbons (Fsp3) is 0.933. The fourth-order valence-corrected chi connectivity index (χ4v) is 3.72. The van der Waals surface area contributed by atoms with Crippen molar-refractivity contribution in [3.8, 4) is 0 Å². The van der Waals surface area contributed by atoms with Crippen molar-refractivity contribution in [1.82, 2.24) is 15.1 Å². The first kappa shape index (κ1) is 20.0. The van der Waals surface area contributed by atoms with Gasteiger partial charge in [0.25, 0.3) is 5.91 Å². The molecule has 0 spiro atoms. The van der Waals surface area contributed by atoms with Crippen molar-refractivity contribution < 1.29 is 9.53 Å². The second kappa shape index (κ2) is 9.93. The van der Waals surface area contributed by atoms with Crippen LogP contribution in [0, 0.1) is 0 Å². The Morgan fingerprint density at radius 2 is 1.77 bits per heavy atom. The summed E-state index contributed by atoms with van der Waals surface area (Å²) < 4.78 is 5.59. The summed E-state index contributed by atoms with van der Waals surface area (Å²) in [5.41, 5.74) is 0. The molecule has 2 saturated heterocycles. The van der Waals surface area contributed by atoms with E-state index >= 15 is 0 Å². The van der Waals surface area contributed by atoms with Gasteiger partial charge in [-0.25, -0.2) is 0 Å². The zero-order valence-corrected chi connectivity index (χ0v) is 14.8. The van der Waals surface area contributed by atoms with Crippen LogP contribution in [-0.4, -0.2) is 73.7 Å². The number of halogens is 2. The van der Waals surface area contributed by atoms with E-state index in [1.54, 1.807) is 0 Å². The van der Waals surface area contributed by atoms with Crippen LogP contribution in [0.25, 0.3) is 0 Å². The molecule has 3 rings (SSSR count). The molecule has 0 aromatic rings. The van der Waals surface area contributed by atoms with Crippen LogP contribution in [0.15, 0.2) is 0 Å². The smallest absolute Gasteiger partial charge is 0.253 e. The molecule has 1 unspecified atom stereocenters. The standard InChI is InChI=1S/C15H27N3O2.2ClH/c19-15(14-12-16-6-11-20-14)18-8-3-7-17(9-10-18)13-4-1-2-5-13;;/h13-14,16H,1-12H2;2*1H. The van der Waals surface area contributed by atoms with Gasteiger partial charge >= 0.3 is 0 Å². The average molecular weight is 354 g/mol. The Labute approximate surface area is 145 Å². The van der Waals surface area contributed by atoms with Crippen LogP contribution in [0.4, 0.5) is 0 Å². The number of nitrogens with one attached hydrogen (secondary N) is 1. The Kier molecular flexibility index (Phi) is 9.02. The highest BCUT2D eigenvalue weighted by Crippen LogP contribution is 2.24. The first-order valence-corrected chi connectivity index (χ1v) is 8.20. The van der Waals surface area contributed by atoms with Gasteiger partial charge in [-0.3, -0.25) is 9.69 Å². The number of morpholine rings is 1. The number of rotatable bonds is 2. The highest BCUT2D eigenvalue weighted by Gasteiger charge is 2.30. The summed E-state index contributed by atoms with van der Waals surface area (Å²) in [6.45, 7) is 6.13. The van der Waals surface area contributed by atoms with Gasteiger partial charge in [0.15, 0.2) is 0 Å². The molecule has 1 aliphatic carbocycles. The van der Waals surface area contributed by atoms with Crippen LogP contribution in [0.3, 0.4) is 0 Å². The lowest BCUT2D eigenvalue weighted by Crippen LogP contribution is -2.50. The normalized spacial score (nSPS) is 27.6. The van der Waals surface area contributed by atoms with E-state index in [0.717, 1.165) is 45.2 Å². The van der Waals surface area contributed by atoms with Crippen molar-refractivity contribution in [2.24, 2.45) is 0 Å². The summed E-state index contributed by atoms with van der Waals surface area (Å²) in [7, 11) is 0. The third kappa shape index (κ3) is 4.96. The number of hydrogen-bond acceptors (Lipinski definition) is 4. The van der Waals surface area contributed by atoms with Gasteiger partial charge in [0.2, 0.25) is 0 Å². The van der Waals surface area contributed by atoms with Crippen LogP contribution in [-0.2, 0) is 9.53 Å². The molecule has 7 heteroatoms. The van der Waals surface area contributed by atoms with Gasteiger partial charge in [-0.05, 0) is 19.3 Å². The molecule has 2 heterocycles. The number of nitrogens with zero attached hydrogens (tertiary/aromatic N) is 2. The Bertz CT molecular complexity index is 335. The van der Waals surface area contributed by atoms with Crippen molar-refractivity contribution in [3.63, 3.8) is 0 Å². The van der Waals surface area contributed by atoms with Crippen molar-refractivity contribution in [1.29, 1.82) is 0 Å². The minimum absolute atomic E-state index is 0. The zero-order valence-electron chi connectivity index (χ0n) is 13.2. The van der Waals surface area contributed by atoms with E-state index in [1.165, 1.54) is 25.7 Å². The average Bonchev–Trinajstić information content (AvgIpc) is 2.92.